The number of rotatable bonds is 7. The molecule has 0 radical (unpaired) electrons. The molecule has 96 valence electrons. The van der Waals surface area contributed by atoms with E-state index < -0.39 is 0 Å². The number of hydrogen-bond donors (Lipinski definition) is 1. The fourth-order valence-corrected chi connectivity index (χ4v) is 3.03. The van der Waals surface area contributed by atoms with Crippen molar-refractivity contribution in [3.63, 3.8) is 0 Å². The Morgan fingerprint density at radius 3 is 2.88 bits per heavy atom. The van der Waals surface area contributed by atoms with Gasteiger partial charge in [0.2, 0.25) is 0 Å². The van der Waals surface area contributed by atoms with Crippen molar-refractivity contribution in [3.05, 3.63) is 16.1 Å². The van der Waals surface area contributed by atoms with Crippen molar-refractivity contribution in [2.24, 2.45) is 5.41 Å². The van der Waals surface area contributed by atoms with Crippen molar-refractivity contribution >= 4 is 11.3 Å². The van der Waals surface area contributed by atoms with E-state index in [-0.39, 0.29) is 0 Å². The Labute approximate surface area is 108 Å². The molecule has 1 unspecified atom stereocenters. The molecular weight excluding hydrogens is 232 g/mol. The molecule has 0 aromatic carbocycles. The summed E-state index contributed by atoms with van der Waals surface area (Å²) in [6.07, 6.45) is 3.88. The second-order valence-corrected chi connectivity index (χ2v) is 6.03. The number of nitrogens with one attached hydrogen (secondary N) is 1. The third kappa shape index (κ3) is 3.27. The van der Waals surface area contributed by atoms with E-state index in [1.165, 1.54) is 24.1 Å². The molecule has 1 N–H and O–H groups in total. The first kappa shape index (κ1) is 13.0. The molecule has 17 heavy (non-hydrogen) atoms. The lowest BCUT2D eigenvalue weighted by atomic mass is 10.0. The summed E-state index contributed by atoms with van der Waals surface area (Å²) < 4.78 is 5.18. The Morgan fingerprint density at radius 1 is 1.59 bits per heavy atom. The second kappa shape index (κ2) is 5.46. The quantitative estimate of drug-likeness (QED) is 0.812. The van der Waals surface area contributed by atoms with Gasteiger partial charge in [0.05, 0.1) is 11.2 Å². The average Bonchev–Trinajstić information content (AvgIpc) is 2.98. The number of methoxy groups -OCH3 is 1. The third-order valence-corrected chi connectivity index (χ3v) is 4.87. The van der Waals surface area contributed by atoms with E-state index in [0.717, 1.165) is 18.8 Å². The smallest absolute Gasteiger partial charge is 0.0798 e. The molecule has 0 bridgehead atoms. The van der Waals surface area contributed by atoms with Gasteiger partial charge in [-0.2, -0.15) is 0 Å². The van der Waals surface area contributed by atoms with Crippen LogP contribution >= 0.6 is 11.3 Å². The summed E-state index contributed by atoms with van der Waals surface area (Å²) in [5.74, 6) is 0. The van der Waals surface area contributed by atoms with Crippen LogP contribution in [0.1, 0.15) is 42.8 Å². The van der Waals surface area contributed by atoms with E-state index in [1.807, 2.05) is 5.51 Å². The summed E-state index contributed by atoms with van der Waals surface area (Å²) in [4.78, 5) is 5.67. The Morgan fingerprint density at radius 2 is 2.35 bits per heavy atom. The van der Waals surface area contributed by atoms with Gasteiger partial charge in [0.15, 0.2) is 0 Å². The normalized spacial score (nSPS) is 19.2. The Kier molecular flexibility index (Phi) is 4.17. The highest BCUT2D eigenvalue weighted by Crippen LogP contribution is 2.48. The zero-order valence-electron chi connectivity index (χ0n) is 11.0. The minimum Gasteiger partial charge on any atom is -0.385 e. The van der Waals surface area contributed by atoms with Gasteiger partial charge in [-0.25, -0.2) is 4.98 Å². The number of ether oxygens (including phenoxy) is 1. The fraction of sp³-hybridized carbons (Fsp3) is 0.769. The van der Waals surface area contributed by atoms with Crippen molar-refractivity contribution in [3.8, 4) is 0 Å². The van der Waals surface area contributed by atoms with Crippen LogP contribution in [0, 0.1) is 12.3 Å². The molecule has 1 aliphatic carbocycles. The molecule has 4 heteroatoms. The monoisotopic (exact) mass is 254 g/mol. The van der Waals surface area contributed by atoms with Crippen LogP contribution < -0.4 is 5.32 Å². The number of thiazole rings is 1. The zero-order valence-corrected chi connectivity index (χ0v) is 11.8. The van der Waals surface area contributed by atoms with E-state index in [9.17, 15) is 0 Å². The predicted octanol–water partition coefficient (Wildman–Crippen LogP) is 2.92. The lowest BCUT2D eigenvalue weighted by Crippen LogP contribution is -2.27. The minimum absolute atomic E-state index is 0.419. The van der Waals surface area contributed by atoms with Crippen LogP contribution in [-0.4, -0.2) is 25.2 Å². The fourth-order valence-electron chi connectivity index (χ4n) is 2.20. The van der Waals surface area contributed by atoms with Gasteiger partial charge in [-0.15, -0.1) is 11.3 Å². The van der Waals surface area contributed by atoms with Crippen molar-refractivity contribution in [1.29, 1.82) is 0 Å². The predicted molar refractivity (Wildman–Crippen MR) is 71.4 cm³/mol. The maximum atomic E-state index is 5.18. The van der Waals surface area contributed by atoms with Crippen LogP contribution in [0.25, 0.3) is 0 Å². The van der Waals surface area contributed by atoms with Gasteiger partial charge in [-0.3, -0.25) is 0 Å². The zero-order chi connectivity index (χ0) is 12.3. The van der Waals surface area contributed by atoms with Crippen LogP contribution in [0.5, 0.6) is 0 Å². The summed E-state index contributed by atoms with van der Waals surface area (Å²) in [5, 5.41) is 3.65. The Balaban J connectivity index is 1.80. The van der Waals surface area contributed by atoms with Gasteiger partial charge in [0.1, 0.15) is 0 Å². The molecular formula is C13H22N2OS. The van der Waals surface area contributed by atoms with Gasteiger partial charge >= 0.3 is 0 Å². The standard InChI is InChI=1S/C13H22N2OS/c1-10(12-11(2)15-9-17-12)14-8-13(4-5-13)6-7-16-3/h9-10,14H,4-8H2,1-3H3. The maximum Gasteiger partial charge on any atom is 0.0798 e. The molecule has 1 aliphatic rings. The van der Waals surface area contributed by atoms with Gasteiger partial charge in [-0.1, -0.05) is 0 Å². The van der Waals surface area contributed by atoms with Gasteiger partial charge in [0.25, 0.3) is 0 Å². The molecule has 0 aliphatic heterocycles. The second-order valence-electron chi connectivity index (χ2n) is 5.15. The summed E-state index contributed by atoms with van der Waals surface area (Å²) >= 11 is 1.75. The Hall–Kier alpha value is -0.450. The molecule has 0 amide bonds. The highest BCUT2D eigenvalue weighted by atomic mass is 32.1. The third-order valence-electron chi connectivity index (χ3n) is 3.75. The van der Waals surface area contributed by atoms with Gasteiger partial charge in [0, 0.05) is 31.2 Å². The van der Waals surface area contributed by atoms with E-state index in [1.54, 1.807) is 18.4 Å². The number of aryl methyl sites for hydroxylation is 1. The SMILES string of the molecule is COCCC1(CNC(C)c2scnc2C)CC1. The van der Waals surface area contributed by atoms with Crippen LogP contribution in [0.2, 0.25) is 0 Å². The summed E-state index contributed by atoms with van der Waals surface area (Å²) in [5.41, 5.74) is 3.61. The van der Waals surface area contributed by atoms with E-state index in [2.05, 4.69) is 24.1 Å². The van der Waals surface area contributed by atoms with Crippen molar-refractivity contribution in [1.82, 2.24) is 10.3 Å². The first-order valence-corrected chi connectivity index (χ1v) is 7.17. The average molecular weight is 254 g/mol. The highest BCUT2D eigenvalue weighted by molar-refractivity contribution is 7.09. The minimum atomic E-state index is 0.419. The molecule has 1 saturated carbocycles. The largest absolute Gasteiger partial charge is 0.385 e. The molecule has 0 saturated heterocycles. The number of aromatic nitrogens is 1. The number of nitrogens with zero attached hydrogens (tertiary/aromatic N) is 1. The van der Waals surface area contributed by atoms with Crippen LogP contribution in [0.15, 0.2) is 5.51 Å². The first-order valence-electron chi connectivity index (χ1n) is 6.29. The van der Waals surface area contributed by atoms with Gasteiger partial charge in [-0.05, 0) is 38.5 Å². The molecule has 1 heterocycles. The van der Waals surface area contributed by atoms with Crippen molar-refractivity contribution in [2.75, 3.05) is 20.3 Å². The molecule has 1 fully saturated rings. The molecule has 1 aromatic rings. The lowest BCUT2D eigenvalue weighted by molar-refractivity contribution is 0.170. The number of hydrogen-bond acceptors (Lipinski definition) is 4. The summed E-state index contributed by atoms with van der Waals surface area (Å²) in [6, 6.07) is 0.419. The molecule has 1 atom stereocenters. The molecule has 0 spiro atoms. The topological polar surface area (TPSA) is 34.1 Å². The van der Waals surface area contributed by atoms with Crippen LogP contribution in [0.4, 0.5) is 0 Å². The highest BCUT2D eigenvalue weighted by Gasteiger charge is 2.41. The van der Waals surface area contributed by atoms with Crippen molar-refractivity contribution < 1.29 is 4.74 Å². The van der Waals surface area contributed by atoms with Crippen LogP contribution in [-0.2, 0) is 4.74 Å². The van der Waals surface area contributed by atoms with E-state index in [4.69, 9.17) is 4.74 Å². The van der Waals surface area contributed by atoms with E-state index >= 15 is 0 Å². The molecule has 3 nitrogen and oxygen atoms in total. The molecule has 1 aromatic heterocycles. The van der Waals surface area contributed by atoms with E-state index in [0.29, 0.717) is 11.5 Å². The maximum absolute atomic E-state index is 5.18. The first-order chi connectivity index (χ1) is 8.17. The molecule has 2 rings (SSSR count). The van der Waals surface area contributed by atoms with Gasteiger partial charge < -0.3 is 10.1 Å². The van der Waals surface area contributed by atoms with Crippen molar-refractivity contribution in [2.45, 2.75) is 39.2 Å². The summed E-state index contributed by atoms with van der Waals surface area (Å²) in [6.45, 7) is 6.30. The summed E-state index contributed by atoms with van der Waals surface area (Å²) in [7, 11) is 1.78. The van der Waals surface area contributed by atoms with Crippen LogP contribution in [0.3, 0.4) is 0 Å². The Bertz CT molecular complexity index is 360. The lowest BCUT2D eigenvalue weighted by Gasteiger charge is -2.19.